The summed E-state index contributed by atoms with van der Waals surface area (Å²) >= 11 is 0. The molecule has 3 aromatic carbocycles. The Labute approximate surface area is 239 Å². The van der Waals surface area contributed by atoms with Gasteiger partial charge in [0.15, 0.2) is 5.78 Å². The van der Waals surface area contributed by atoms with E-state index in [0.717, 1.165) is 38.6 Å². The summed E-state index contributed by atoms with van der Waals surface area (Å²) in [5.74, 6) is 0.356. The molecular formula is C32H34IrNO3Si-. The molecule has 199 valence electrons. The smallest absolute Gasteiger partial charge is 0.155 e. The van der Waals surface area contributed by atoms with Crippen LogP contribution in [0.15, 0.2) is 77.0 Å². The van der Waals surface area contributed by atoms with Crippen molar-refractivity contribution in [3.63, 3.8) is 0 Å². The van der Waals surface area contributed by atoms with E-state index in [1.54, 1.807) is 0 Å². The van der Waals surface area contributed by atoms with E-state index < -0.39 is 8.07 Å². The van der Waals surface area contributed by atoms with Gasteiger partial charge in [0, 0.05) is 48.8 Å². The summed E-state index contributed by atoms with van der Waals surface area (Å²) < 4.78 is 6.42. The molecule has 5 aromatic rings. The van der Waals surface area contributed by atoms with Gasteiger partial charge in [-0.05, 0) is 31.0 Å². The number of rotatable bonds is 4. The standard InChI is InChI=1S/C27H26NOSi.C5H8O2.Ir/c1-17(2)22-16-19(15-18-9-6-7-10-20(18)22)26-25-21-11-8-12-24(30(3,4)5)27(21)29-23(25)13-14-28-26;1-4(6)3-5(2)7;/h6-14,16-17H,1-5H3;3,6H,1-2H3;/q-1;;/b;4-3-;. The van der Waals surface area contributed by atoms with Crippen molar-refractivity contribution in [2.75, 3.05) is 0 Å². The van der Waals surface area contributed by atoms with E-state index >= 15 is 0 Å². The number of ketones is 1. The largest absolute Gasteiger partial charge is 0.512 e. The van der Waals surface area contributed by atoms with E-state index in [2.05, 4.69) is 88.1 Å². The number of aliphatic hydroxyl groups is 1. The van der Waals surface area contributed by atoms with Gasteiger partial charge in [0.2, 0.25) is 0 Å². The molecule has 0 spiro atoms. The normalized spacial score (nSPS) is 11.9. The molecule has 0 amide bonds. The van der Waals surface area contributed by atoms with Gasteiger partial charge in [-0.2, -0.15) is 0 Å². The summed E-state index contributed by atoms with van der Waals surface area (Å²) in [4.78, 5) is 14.8. The van der Waals surface area contributed by atoms with E-state index in [1.807, 2.05) is 12.3 Å². The number of benzene rings is 3. The van der Waals surface area contributed by atoms with Crippen LogP contribution in [0.25, 0.3) is 44.0 Å². The molecule has 5 rings (SSSR count). The first-order valence-corrected chi connectivity index (χ1v) is 16.1. The molecule has 1 N–H and O–H groups in total. The third kappa shape index (κ3) is 6.15. The van der Waals surface area contributed by atoms with Gasteiger partial charge >= 0.3 is 0 Å². The molecule has 0 saturated heterocycles. The number of carbonyl (C=O) groups is 1. The number of hydrogen-bond acceptors (Lipinski definition) is 4. The maximum Gasteiger partial charge on any atom is 0.155 e. The Morgan fingerprint density at radius 2 is 1.71 bits per heavy atom. The number of fused-ring (bicyclic) bond motifs is 4. The number of nitrogens with zero attached hydrogens (tertiary/aromatic N) is 1. The number of hydrogen-bond donors (Lipinski definition) is 1. The molecule has 4 nitrogen and oxygen atoms in total. The topological polar surface area (TPSA) is 63.3 Å². The van der Waals surface area contributed by atoms with Crippen molar-refractivity contribution in [1.29, 1.82) is 0 Å². The van der Waals surface area contributed by atoms with Crippen LogP contribution in [-0.2, 0) is 24.9 Å². The van der Waals surface area contributed by atoms with Crippen LogP contribution in [0.4, 0.5) is 0 Å². The average Bonchev–Trinajstić information content (AvgIpc) is 3.21. The van der Waals surface area contributed by atoms with Gasteiger partial charge in [0.1, 0.15) is 11.2 Å². The zero-order chi connectivity index (χ0) is 26.9. The van der Waals surface area contributed by atoms with Crippen LogP contribution in [0, 0.1) is 6.07 Å². The second-order valence-corrected chi connectivity index (χ2v) is 15.8. The second kappa shape index (κ2) is 11.8. The van der Waals surface area contributed by atoms with Crippen molar-refractivity contribution in [2.45, 2.75) is 53.3 Å². The van der Waals surface area contributed by atoms with Crippen LogP contribution in [0.1, 0.15) is 39.2 Å². The Morgan fingerprint density at radius 1 is 1.03 bits per heavy atom. The number of allylic oxidation sites excluding steroid dienone is 2. The molecule has 2 heterocycles. The first kappa shape index (κ1) is 29.5. The summed E-state index contributed by atoms with van der Waals surface area (Å²) in [6.45, 7) is 14.4. The van der Waals surface area contributed by atoms with Crippen molar-refractivity contribution >= 4 is 51.8 Å². The summed E-state index contributed by atoms with van der Waals surface area (Å²) in [5.41, 5.74) is 5.23. The van der Waals surface area contributed by atoms with Gasteiger partial charge in [0.05, 0.1) is 13.8 Å². The van der Waals surface area contributed by atoms with E-state index in [4.69, 9.17) is 14.5 Å². The fourth-order valence-electron chi connectivity index (χ4n) is 4.70. The Morgan fingerprint density at radius 3 is 2.32 bits per heavy atom. The molecule has 1 radical (unpaired) electrons. The minimum absolute atomic E-state index is 0. The summed E-state index contributed by atoms with van der Waals surface area (Å²) in [6.07, 6.45) is 3.02. The number of aliphatic hydroxyl groups excluding tert-OH is 1. The van der Waals surface area contributed by atoms with Crippen LogP contribution in [0.5, 0.6) is 0 Å². The molecule has 2 aromatic heterocycles. The van der Waals surface area contributed by atoms with Crippen molar-refractivity contribution in [3.8, 4) is 11.3 Å². The molecule has 0 fully saturated rings. The van der Waals surface area contributed by atoms with Crippen LogP contribution in [0.3, 0.4) is 0 Å². The Hall–Kier alpha value is -3.05. The van der Waals surface area contributed by atoms with E-state index in [0.29, 0.717) is 5.92 Å². The zero-order valence-corrected chi connectivity index (χ0v) is 26.4. The monoisotopic (exact) mass is 701 g/mol. The summed E-state index contributed by atoms with van der Waals surface area (Å²) in [7, 11) is -1.54. The van der Waals surface area contributed by atoms with Crippen molar-refractivity contribution in [2.24, 2.45) is 0 Å². The predicted molar refractivity (Wildman–Crippen MR) is 157 cm³/mol. The Kier molecular flexibility index (Phi) is 9.14. The molecule has 6 heteroatoms. The molecule has 0 aliphatic rings. The first-order valence-electron chi connectivity index (χ1n) is 12.6. The summed E-state index contributed by atoms with van der Waals surface area (Å²) in [5, 5.41) is 14.4. The molecular weight excluding hydrogens is 667 g/mol. The van der Waals surface area contributed by atoms with Crippen molar-refractivity contribution < 1.29 is 34.4 Å². The van der Waals surface area contributed by atoms with Gasteiger partial charge < -0.3 is 9.52 Å². The van der Waals surface area contributed by atoms with Gasteiger partial charge in [-0.15, -0.1) is 29.1 Å². The van der Waals surface area contributed by atoms with Crippen LogP contribution >= 0.6 is 0 Å². The number of para-hydroxylation sites is 1. The maximum absolute atomic E-state index is 10.0. The molecule has 38 heavy (non-hydrogen) atoms. The Balaban J connectivity index is 0.000000444. The maximum atomic E-state index is 10.0. The predicted octanol–water partition coefficient (Wildman–Crippen LogP) is 8.30. The second-order valence-electron chi connectivity index (χ2n) is 10.8. The molecule has 0 saturated carbocycles. The van der Waals surface area contributed by atoms with Crippen molar-refractivity contribution in [3.05, 3.63) is 84.3 Å². The van der Waals surface area contributed by atoms with Gasteiger partial charge in [0.25, 0.3) is 0 Å². The third-order valence-electron chi connectivity index (χ3n) is 6.31. The summed E-state index contributed by atoms with van der Waals surface area (Å²) in [6, 6.07) is 22.9. The quantitative estimate of drug-likeness (QED) is 0.0887. The minimum atomic E-state index is -1.54. The van der Waals surface area contributed by atoms with Gasteiger partial charge in [-0.25, -0.2) is 0 Å². The number of aromatic nitrogens is 1. The molecule has 0 aliphatic heterocycles. The number of carbonyl (C=O) groups excluding carboxylic acids is 1. The number of furan rings is 1. The van der Waals surface area contributed by atoms with Gasteiger partial charge in [-0.3, -0.25) is 9.78 Å². The van der Waals surface area contributed by atoms with E-state index in [1.165, 1.54) is 36.1 Å². The van der Waals surface area contributed by atoms with E-state index in [9.17, 15) is 4.79 Å². The minimum Gasteiger partial charge on any atom is -0.512 e. The molecule has 0 unspecified atom stereocenters. The number of pyridine rings is 1. The Bertz CT molecular complexity index is 1640. The molecule has 0 aliphatic carbocycles. The zero-order valence-electron chi connectivity index (χ0n) is 23.0. The first-order chi connectivity index (χ1) is 17.5. The van der Waals surface area contributed by atoms with E-state index in [-0.39, 0.29) is 31.6 Å². The fraction of sp³-hybridized carbons (Fsp3) is 0.250. The van der Waals surface area contributed by atoms with Crippen LogP contribution in [0.2, 0.25) is 19.6 Å². The fourth-order valence-corrected chi connectivity index (χ4v) is 6.16. The molecule has 0 atom stereocenters. The molecule has 0 bridgehead atoms. The van der Waals surface area contributed by atoms with Crippen molar-refractivity contribution in [1.82, 2.24) is 4.98 Å². The van der Waals surface area contributed by atoms with Crippen LogP contribution < -0.4 is 5.19 Å². The average molecular weight is 701 g/mol. The van der Waals surface area contributed by atoms with Crippen LogP contribution in [-0.4, -0.2) is 23.9 Å². The SMILES string of the molecule is CC(=O)/C=C(/C)O.CC(C)c1cc(-c2nccc3oc4c([Si](C)(C)C)cccc4c23)[c-]c2ccccc12.[Ir]. The third-order valence-corrected chi connectivity index (χ3v) is 8.32. The van der Waals surface area contributed by atoms with Gasteiger partial charge in [-0.1, -0.05) is 80.8 Å².